The Balaban J connectivity index is 0.00000280. The molecule has 2 aliphatic rings. The normalized spacial score (nSPS) is 26.2. The predicted molar refractivity (Wildman–Crippen MR) is 109 cm³/mol. The van der Waals surface area contributed by atoms with Crippen molar-refractivity contribution in [3.63, 3.8) is 0 Å². The molecule has 1 heterocycles. The van der Waals surface area contributed by atoms with Gasteiger partial charge in [0.05, 0.1) is 6.10 Å². The number of nitrogens with zero attached hydrogens (tertiary/aromatic N) is 2. The van der Waals surface area contributed by atoms with Crippen molar-refractivity contribution in [2.24, 2.45) is 11.1 Å². The van der Waals surface area contributed by atoms with E-state index in [-0.39, 0.29) is 36.1 Å². The van der Waals surface area contributed by atoms with Crippen LogP contribution in [-0.4, -0.2) is 71.1 Å². The summed E-state index contributed by atoms with van der Waals surface area (Å²) >= 11 is 0. The zero-order valence-corrected chi connectivity index (χ0v) is 17.5. The van der Waals surface area contributed by atoms with Crippen molar-refractivity contribution in [1.82, 2.24) is 9.80 Å². The number of hydrogen-bond acceptors (Lipinski definition) is 5. The van der Waals surface area contributed by atoms with Crippen molar-refractivity contribution in [2.75, 3.05) is 32.8 Å². The molecule has 8 heteroatoms. The summed E-state index contributed by atoms with van der Waals surface area (Å²) in [6.45, 7) is 8.40. The Morgan fingerprint density at radius 3 is 2.18 bits per heavy atom. The molecule has 1 aliphatic carbocycles. The van der Waals surface area contributed by atoms with Crippen molar-refractivity contribution < 1.29 is 19.4 Å². The second kappa shape index (κ2) is 8.27. The third-order valence-electron chi connectivity index (χ3n) is 6.18. The average molecular weight is 412 g/mol. The van der Waals surface area contributed by atoms with Crippen LogP contribution in [0.3, 0.4) is 0 Å². The Morgan fingerprint density at radius 1 is 1.14 bits per heavy atom. The van der Waals surface area contributed by atoms with E-state index in [0.29, 0.717) is 44.8 Å². The number of phenolic OH excluding ortho intramolecular Hbond substituents is 1. The number of aromatic hydroxyl groups is 1. The van der Waals surface area contributed by atoms with Gasteiger partial charge in [-0.2, -0.15) is 0 Å². The predicted octanol–water partition coefficient (Wildman–Crippen LogP) is 1.63. The van der Waals surface area contributed by atoms with Gasteiger partial charge < -0.3 is 25.4 Å². The molecule has 0 spiro atoms. The van der Waals surface area contributed by atoms with Gasteiger partial charge in [0.25, 0.3) is 5.91 Å². The molecule has 1 aromatic rings. The zero-order chi connectivity index (χ0) is 19.8. The molecule has 0 aromatic heterocycles. The van der Waals surface area contributed by atoms with Gasteiger partial charge in [-0.05, 0) is 31.2 Å². The van der Waals surface area contributed by atoms with Crippen LogP contribution in [0.1, 0.15) is 37.6 Å². The molecule has 1 saturated carbocycles. The van der Waals surface area contributed by atoms with E-state index in [9.17, 15) is 14.7 Å². The summed E-state index contributed by atoms with van der Waals surface area (Å²) in [5.41, 5.74) is 5.69. The van der Waals surface area contributed by atoms with E-state index in [2.05, 4.69) is 0 Å². The molecular formula is C20H30ClN3O4. The monoisotopic (exact) mass is 411 g/mol. The standard InChI is InChI=1S/C20H29N3O4.ClH/c1-4-27-16-13-20(21,19(16,2)3)18(26)23-11-9-22(10-12-23)17(25)14-5-7-15(24)8-6-14;/h5-8,16,24H,4,9-13,21H2,1-3H3;1H. The maximum Gasteiger partial charge on any atom is 0.253 e. The summed E-state index contributed by atoms with van der Waals surface area (Å²) in [4.78, 5) is 29.1. The highest BCUT2D eigenvalue weighted by Crippen LogP contribution is 2.50. The number of phenols is 1. The van der Waals surface area contributed by atoms with Gasteiger partial charge in [-0.1, -0.05) is 13.8 Å². The maximum absolute atomic E-state index is 13.1. The number of carbonyl (C=O) groups is 2. The van der Waals surface area contributed by atoms with Crippen molar-refractivity contribution in [3.05, 3.63) is 29.8 Å². The molecule has 156 valence electrons. The summed E-state index contributed by atoms with van der Waals surface area (Å²) in [5.74, 6) is -0.0196. The molecule has 28 heavy (non-hydrogen) atoms. The number of halogens is 1. The van der Waals surface area contributed by atoms with Crippen LogP contribution in [0.25, 0.3) is 0 Å². The van der Waals surface area contributed by atoms with Crippen molar-refractivity contribution >= 4 is 24.2 Å². The summed E-state index contributed by atoms with van der Waals surface area (Å²) < 4.78 is 5.71. The van der Waals surface area contributed by atoms with E-state index in [1.54, 1.807) is 21.9 Å². The number of ether oxygens (including phenoxy) is 1. The fraction of sp³-hybridized carbons (Fsp3) is 0.600. The lowest BCUT2D eigenvalue weighted by molar-refractivity contribution is -0.180. The second-order valence-corrected chi connectivity index (χ2v) is 7.97. The molecule has 3 rings (SSSR count). The third-order valence-corrected chi connectivity index (χ3v) is 6.18. The average Bonchev–Trinajstić information content (AvgIpc) is 2.67. The van der Waals surface area contributed by atoms with Crippen LogP contribution < -0.4 is 5.73 Å². The minimum absolute atomic E-state index is 0. The minimum atomic E-state index is -0.921. The molecule has 2 amide bonds. The molecule has 0 radical (unpaired) electrons. The molecular weight excluding hydrogens is 382 g/mol. The van der Waals surface area contributed by atoms with Crippen molar-refractivity contribution in [2.45, 2.75) is 38.8 Å². The lowest BCUT2D eigenvalue weighted by atomic mass is 9.54. The Hall–Kier alpha value is -1.83. The minimum Gasteiger partial charge on any atom is -0.508 e. The molecule has 2 unspecified atom stereocenters. The number of rotatable bonds is 4. The highest BCUT2D eigenvalue weighted by Gasteiger charge is 2.63. The summed E-state index contributed by atoms with van der Waals surface area (Å²) in [6.07, 6.45) is 0.521. The van der Waals surface area contributed by atoms with Crippen molar-refractivity contribution in [1.29, 1.82) is 0 Å². The Bertz CT molecular complexity index is 717. The van der Waals surface area contributed by atoms with E-state index < -0.39 is 11.0 Å². The van der Waals surface area contributed by atoms with Gasteiger partial charge in [-0.25, -0.2) is 0 Å². The van der Waals surface area contributed by atoms with E-state index in [1.165, 1.54) is 12.1 Å². The topological polar surface area (TPSA) is 96.1 Å². The fourth-order valence-corrected chi connectivity index (χ4v) is 3.98. The van der Waals surface area contributed by atoms with Crippen LogP contribution in [0.15, 0.2) is 24.3 Å². The lowest BCUT2D eigenvalue weighted by Gasteiger charge is -2.59. The van der Waals surface area contributed by atoms with Crippen LogP contribution in [0.5, 0.6) is 5.75 Å². The SMILES string of the molecule is CCOC1CC(N)(C(=O)N2CCN(C(=O)c3ccc(O)cc3)CC2)C1(C)C.Cl. The van der Waals surface area contributed by atoms with Gasteiger partial charge in [0.2, 0.25) is 5.91 Å². The fourth-order valence-electron chi connectivity index (χ4n) is 3.98. The molecule has 2 fully saturated rings. The number of hydrogen-bond donors (Lipinski definition) is 2. The van der Waals surface area contributed by atoms with Gasteiger partial charge >= 0.3 is 0 Å². The van der Waals surface area contributed by atoms with Gasteiger partial charge in [0.1, 0.15) is 11.3 Å². The smallest absolute Gasteiger partial charge is 0.253 e. The first kappa shape index (κ1) is 22.5. The third kappa shape index (κ3) is 3.71. The second-order valence-electron chi connectivity index (χ2n) is 7.97. The number of amides is 2. The van der Waals surface area contributed by atoms with E-state index in [1.807, 2.05) is 20.8 Å². The highest BCUT2D eigenvalue weighted by atomic mass is 35.5. The molecule has 0 bridgehead atoms. The Kier molecular flexibility index (Phi) is 6.63. The van der Waals surface area contributed by atoms with Gasteiger partial charge in [-0.15, -0.1) is 12.4 Å². The molecule has 2 atom stereocenters. The summed E-state index contributed by atoms with van der Waals surface area (Å²) in [7, 11) is 0. The zero-order valence-electron chi connectivity index (χ0n) is 16.7. The van der Waals surface area contributed by atoms with Crippen LogP contribution >= 0.6 is 12.4 Å². The first-order valence-electron chi connectivity index (χ1n) is 9.49. The number of nitrogens with two attached hydrogens (primary N) is 1. The van der Waals surface area contributed by atoms with E-state index in [0.717, 1.165) is 0 Å². The van der Waals surface area contributed by atoms with Crippen LogP contribution in [0.2, 0.25) is 0 Å². The largest absolute Gasteiger partial charge is 0.508 e. The van der Waals surface area contributed by atoms with E-state index in [4.69, 9.17) is 10.5 Å². The Morgan fingerprint density at radius 2 is 1.68 bits per heavy atom. The first-order chi connectivity index (χ1) is 12.7. The number of benzene rings is 1. The number of carbonyl (C=O) groups excluding carboxylic acids is 2. The van der Waals surface area contributed by atoms with Crippen LogP contribution in [0, 0.1) is 5.41 Å². The number of piperazine rings is 1. The van der Waals surface area contributed by atoms with Crippen LogP contribution in [-0.2, 0) is 9.53 Å². The highest BCUT2D eigenvalue weighted by molar-refractivity contribution is 5.95. The van der Waals surface area contributed by atoms with Crippen molar-refractivity contribution in [3.8, 4) is 5.75 Å². The maximum atomic E-state index is 13.1. The van der Waals surface area contributed by atoms with Crippen LogP contribution in [0.4, 0.5) is 0 Å². The molecule has 1 aliphatic heterocycles. The lowest BCUT2D eigenvalue weighted by Crippen LogP contribution is -2.76. The van der Waals surface area contributed by atoms with Gasteiger partial charge in [0, 0.05) is 50.2 Å². The molecule has 1 saturated heterocycles. The Labute approximate surface area is 172 Å². The summed E-state index contributed by atoms with van der Waals surface area (Å²) in [6, 6.07) is 6.21. The molecule has 7 nitrogen and oxygen atoms in total. The first-order valence-corrected chi connectivity index (χ1v) is 9.49. The van der Waals surface area contributed by atoms with Gasteiger partial charge in [-0.3, -0.25) is 9.59 Å². The summed E-state index contributed by atoms with van der Waals surface area (Å²) in [5, 5.41) is 9.35. The molecule has 3 N–H and O–H groups in total. The quantitative estimate of drug-likeness (QED) is 0.785. The molecule has 1 aromatic carbocycles. The van der Waals surface area contributed by atoms with E-state index >= 15 is 0 Å². The van der Waals surface area contributed by atoms with Gasteiger partial charge in [0.15, 0.2) is 0 Å².